The molecule has 0 aromatic heterocycles. The third kappa shape index (κ3) is 4.76. The van der Waals surface area contributed by atoms with Crippen molar-refractivity contribution in [2.75, 3.05) is 20.3 Å². The Balaban J connectivity index is 2.22. The van der Waals surface area contributed by atoms with Crippen LogP contribution in [0.4, 0.5) is 0 Å². The zero-order chi connectivity index (χ0) is 18.2. The van der Waals surface area contributed by atoms with Crippen LogP contribution >= 0.6 is 0 Å². The third-order valence-corrected chi connectivity index (χ3v) is 3.48. The number of carbonyl (C=O) groups excluding carboxylic acids is 1. The van der Waals surface area contributed by atoms with Crippen LogP contribution in [-0.4, -0.2) is 31.2 Å². The lowest BCUT2D eigenvalue weighted by Crippen LogP contribution is -1.98. The number of benzene rings is 2. The van der Waals surface area contributed by atoms with Crippen molar-refractivity contribution < 1.29 is 24.1 Å². The van der Waals surface area contributed by atoms with Crippen molar-refractivity contribution in [3.8, 4) is 23.0 Å². The van der Waals surface area contributed by atoms with Gasteiger partial charge in [-0.1, -0.05) is 0 Å². The molecular weight excluding hydrogens is 320 g/mol. The molecule has 1 N–H and O–H groups in total. The maximum absolute atomic E-state index is 12.3. The van der Waals surface area contributed by atoms with E-state index < -0.39 is 0 Å². The average Bonchev–Trinajstić information content (AvgIpc) is 2.61. The molecule has 0 aliphatic rings. The molecule has 0 saturated carbocycles. The number of aromatic hydroxyl groups is 1. The molecule has 5 heteroatoms. The van der Waals surface area contributed by atoms with E-state index in [0.717, 1.165) is 5.56 Å². The lowest BCUT2D eigenvalue weighted by molar-refractivity contribution is 0.104. The van der Waals surface area contributed by atoms with Gasteiger partial charge < -0.3 is 19.3 Å². The summed E-state index contributed by atoms with van der Waals surface area (Å²) >= 11 is 0. The van der Waals surface area contributed by atoms with Gasteiger partial charge in [0.15, 0.2) is 5.78 Å². The number of phenolic OH excluding ortho intramolecular Hbond substituents is 1. The number of methoxy groups -OCH3 is 1. The van der Waals surface area contributed by atoms with Crippen LogP contribution in [0, 0.1) is 0 Å². The van der Waals surface area contributed by atoms with E-state index in [1.165, 1.54) is 12.1 Å². The van der Waals surface area contributed by atoms with Crippen LogP contribution in [0.15, 0.2) is 42.5 Å². The second-order valence-corrected chi connectivity index (χ2v) is 5.15. The van der Waals surface area contributed by atoms with Gasteiger partial charge in [0.2, 0.25) is 0 Å². The van der Waals surface area contributed by atoms with E-state index in [1.54, 1.807) is 37.5 Å². The van der Waals surface area contributed by atoms with E-state index >= 15 is 0 Å². The summed E-state index contributed by atoms with van der Waals surface area (Å²) in [6.45, 7) is 4.73. The second-order valence-electron chi connectivity index (χ2n) is 5.15. The summed E-state index contributed by atoms with van der Waals surface area (Å²) in [5, 5.41) is 10.0. The second kappa shape index (κ2) is 8.78. The van der Waals surface area contributed by atoms with Crippen molar-refractivity contribution in [2.45, 2.75) is 13.8 Å². The lowest BCUT2D eigenvalue weighted by Gasteiger charge is -2.09. The zero-order valence-electron chi connectivity index (χ0n) is 14.6. The van der Waals surface area contributed by atoms with Gasteiger partial charge in [-0.15, -0.1) is 0 Å². The van der Waals surface area contributed by atoms with Crippen molar-refractivity contribution in [2.24, 2.45) is 0 Å². The molecule has 0 heterocycles. The number of ketones is 1. The van der Waals surface area contributed by atoms with Crippen LogP contribution in [0.2, 0.25) is 0 Å². The summed E-state index contributed by atoms with van der Waals surface area (Å²) in [6.07, 6.45) is 3.06. The van der Waals surface area contributed by atoms with E-state index in [2.05, 4.69) is 0 Å². The molecule has 25 heavy (non-hydrogen) atoms. The average molecular weight is 342 g/mol. The number of hydrogen-bond donors (Lipinski definition) is 1. The monoisotopic (exact) mass is 342 g/mol. The molecule has 0 radical (unpaired) electrons. The van der Waals surface area contributed by atoms with E-state index in [0.29, 0.717) is 30.5 Å². The van der Waals surface area contributed by atoms with E-state index in [-0.39, 0.29) is 17.1 Å². The molecule has 0 saturated heterocycles. The molecule has 2 aromatic carbocycles. The molecule has 2 aromatic rings. The van der Waals surface area contributed by atoms with Crippen LogP contribution in [0.5, 0.6) is 23.0 Å². The van der Waals surface area contributed by atoms with Gasteiger partial charge in [0.05, 0.1) is 25.9 Å². The maximum atomic E-state index is 12.3. The molecule has 0 amide bonds. The van der Waals surface area contributed by atoms with E-state index in [9.17, 15) is 9.90 Å². The summed E-state index contributed by atoms with van der Waals surface area (Å²) < 4.78 is 16.1. The number of phenols is 1. The highest BCUT2D eigenvalue weighted by Crippen LogP contribution is 2.27. The van der Waals surface area contributed by atoms with Crippen molar-refractivity contribution >= 4 is 11.9 Å². The first-order chi connectivity index (χ1) is 12.1. The minimum atomic E-state index is -0.307. The Morgan fingerprint density at radius 2 is 1.76 bits per heavy atom. The van der Waals surface area contributed by atoms with Gasteiger partial charge in [0, 0.05) is 17.7 Å². The highest BCUT2D eigenvalue weighted by Gasteiger charge is 2.10. The zero-order valence-corrected chi connectivity index (χ0v) is 14.6. The van der Waals surface area contributed by atoms with E-state index in [4.69, 9.17) is 14.2 Å². The smallest absolute Gasteiger partial charge is 0.189 e. The molecule has 0 unspecified atom stereocenters. The molecule has 2 rings (SSSR count). The van der Waals surface area contributed by atoms with Gasteiger partial charge in [-0.05, 0) is 50.3 Å². The highest BCUT2D eigenvalue weighted by molar-refractivity contribution is 6.08. The summed E-state index contributed by atoms with van der Waals surface area (Å²) in [6, 6.07) is 10.0. The largest absolute Gasteiger partial charge is 0.507 e. The molecule has 0 bridgehead atoms. The molecule has 0 atom stereocenters. The van der Waals surface area contributed by atoms with Crippen molar-refractivity contribution in [3.05, 3.63) is 53.6 Å². The fraction of sp³-hybridized carbons (Fsp3) is 0.250. The first kappa shape index (κ1) is 18.4. The Bertz CT molecular complexity index is 765. The normalized spacial score (nSPS) is 10.7. The summed E-state index contributed by atoms with van der Waals surface area (Å²) in [7, 11) is 1.58. The van der Waals surface area contributed by atoms with Gasteiger partial charge in [-0.25, -0.2) is 0 Å². The molecular formula is C20H22O5. The quantitative estimate of drug-likeness (QED) is 0.578. The number of carbonyl (C=O) groups is 1. The molecule has 0 aliphatic carbocycles. The van der Waals surface area contributed by atoms with Gasteiger partial charge in [-0.3, -0.25) is 4.79 Å². The Morgan fingerprint density at radius 1 is 1.04 bits per heavy atom. The number of rotatable bonds is 8. The van der Waals surface area contributed by atoms with Gasteiger partial charge in [-0.2, -0.15) is 0 Å². The first-order valence-electron chi connectivity index (χ1n) is 8.08. The number of hydrogen-bond acceptors (Lipinski definition) is 5. The summed E-state index contributed by atoms with van der Waals surface area (Å²) in [5.41, 5.74) is 0.965. The lowest BCUT2D eigenvalue weighted by atomic mass is 10.1. The van der Waals surface area contributed by atoms with Gasteiger partial charge >= 0.3 is 0 Å². The third-order valence-electron chi connectivity index (χ3n) is 3.48. The van der Waals surface area contributed by atoms with Crippen LogP contribution in [0.25, 0.3) is 6.08 Å². The molecule has 0 aliphatic heterocycles. The Hall–Kier alpha value is -2.95. The number of allylic oxidation sites excluding steroid dienone is 1. The highest BCUT2D eigenvalue weighted by atomic mass is 16.5. The number of ether oxygens (including phenoxy) is 3. The summed E-state index contributed by atoms with van der Waals surface area (Å²) in [4.78, 5) is 12.3. The summed E-state index contributed by atoms with van der Waals surface area (Å²) in [5.74, 6) is 1.41. The predicted octanol–water partition coefficient (Wildman–Crippen LogP) is 4.09. The maximum Gasteiger partial charge on any atom is 0.189 e. The van der Waals surface area contributed by atoms with Crippen molar-refractivity contribution in [1.29, 1.82) is 0 Å². The minimum absolute atomic E-state index is 0.111. The molecule has 0 fully saturated rings. The first-order valence-corrected chi connectivity index (χ1v) is 8.08. The molecule has 5 nitrogen and oxygen atoms in total. The van der Waals surface area contributed by atoms with Crippen LogP contribution in [0.1, 0.15) is 29.8 Å². The van der Waals surface area contributed by atoms with Gasteiger partial charge in [0.25, 0.3) is 0 Å². The SMILES string of the molecule is CCOc1ccc(C(=O)C=Cc2ccc(OC)cc2OCC)c(O)c1. The molecule has 0 spiro atoms. The predicted molar refractivity (Wildman–Crippen MR) is 96.8 cm³/mol. The van der Waals surface area contributed by atoms with Crippen LogP contribution in [0.3, 0.4) is 0 Å². The fourth-order valence-electron chi connectivity index (χ4n) is 2.29. The Labute approximate surface area is 147 Å². The minimum Gasteiger partial charge on any atom is -0.507 e. The fourth-order valence-corrected chi connectivity index (χ4v) is 2.29. The van der Waals surface area contributed by atoms with E-state index in [1.807, 2.05) is 19.9 Å². The molecule has 132 valence electrons. The Kier molecular flexibility index (Phi) is 6.46. The van der Waals surface area contributed by atoms with Gasteiger partial charge in [0.1, 0.15) is 23.0 Å². The topological polar surface area (TPSA) is 65.0 Å². The van der Waals surface area contributed by atoms with Crippen molar-refractivity contribution in [1.82, 2.24) is 0 Å². The van der Waals surface area contributed by atoms with Crippen LogP contribution in [-0.2, 0) is 0 Å². The Morgan fingerprint density at radius 3 is 2.40 bits per heavy atom. The van der Waals surface area contributed by atoms with Crippen LogP contribution < -0.4 is 14.2 Å². The standard InChI is InChI=1S/C20H22O5/c1-4-24-16-9-10-17(19(22)12-16)18(21)11-7-14-6-8-15(23-3)13-20(14)25-5-2/h6-13,22H,4-5H2,1-3H3. The van der Waals surface area contributed by atoms with Crippen molar-refractivity contribution in [3.63, 3.8) is 0 Å².